The van der Waals surface area contributed by atoms with E-state index >= 15 is 0 Å². The van der Waals surface area contributed by atoms with Gasteiger partial charge in [-0.15, -0.1) is 0 Å². The molecular formula is C16H20NO4+. The first kappa shape index (κ1) is 14.1. The van der Waals surface area contributed by atoms with E-state index in [1.165, 1.54) is 10.5 Å². The standard InChI is InChI=1S/C16H19NO4/c1-10(18)4-5-12-14-11(6-7-17(12)2)8-13-15(16(14)19-3)21-9-20-13/h8,10,12,18H,6-7,9H2,1-3H3/p+1/t10-,12-/m1/s1. The van der Waals surface area contributed by atoms with Crippen molar-refractivity contribution in [3.63, 3.8) is 0 Å². The van der Waals surface area contributed by atoms with Crippen LogP contribution in [0.15, 0.2) is 6.07 Å². The predicted octanol–water partition coefficient (Wildman–Crippen LogP) is -0.0800. The zero-order valence-electron chi connectivity index (χ0n) is 12.5. The van der Waals surface area contributed by atoms with Gasteiger partial charge in [-0.05, 0) is 24.5 Å². The number of aliphatic hydroxyl groups excluding tert-OH is 1. The fraction of sp³-hybridized carbons (Fsp3) is 0.500. The van der Waals surface area contributed by atoms with Gasteiger partial charge in [-0.2, -0.15) is 0 Å². The van der Waals surface area contributed by atoms with Gasteiger partial charge in [0.2, 0.25) is 12.5 Å². The van der Waals surface area contributed by atoms with Gasteiger partial charge in [-0.3, -0.25) is 0 Å². The zero-order valence-corrected chi connectivity index (χ0v) is 12.5. The van der Waals surface area contributed by atoms with Gasteiger partial charge in [-0.1, -0.05) is 5.92 Å². The number of fused-ring (bicyclic) bond motifs is 2. The minimum atomic E-state index is -0.636. The number of hydrogen-bond acceptors (Lipinski definition) is 4. The Labute approximate surface area is 124 Å². The molecule has 2 heterocycles. The van der Waals surface area contributed by atoms with E-state index in [9.17, 15) is 5.11 Å². The molecule has 21 heavy (non-hydrogen) atoms. The first-order valence-corrected chi connectivity index (χ1v) is 7.12. The molecule has 2 N–H and O–H groups in total. The molecule has 3 atom stereocenters. The SMILES string of the molecule is COc1c2c(cc3c1[C@@H](C#C[C@@H](C)O)[NH+](C)CC3)OCO2. The Hall–Kier alpha value is -1.90. The van der Waals surface area contributed by atoms with Crippen molar-refractivity contribution in [2.45, 2.75) is 25.5 Å². The Bertz CT molecular complexity index is 615. The fourth-order valence-corrected chi connectivity index (χ4v) is 2.93. The van der Waals surface area contributed by atoms with E-state index in [2.05, 4.69) is 18.9 Å². The van der Waals surface area contributed by atoms with Crippen molar-refractivity contribution in [2.75, 3.05) is 27.5 Å². The monoisotopic (exact) mass is 290 g/mol. The lowest BCUT2D eigenvalue weighted by molar-refractivity contribution is -0.905. The molecule has 0 bridgehead atoms. The predicted molar refractivity (Wildman–Crippen MR) is 76.8 cm³/mol. The highest BCUT2D eigenvalue weighted by atomic mass is 16.7. The third kappa shape index (κ3) is 2.41. The van der Waals surface area contributed by atoms with E-state index in [4.69, 9.17) is 14.2 Å². The number of rotatable bonds is 1. The van der Waals surface area contributed by atoms with Crippen LogP contribution in [0.1, 0.15) is 24.1 Å². The lowest BCUT2D eigenvalue weighted by Gasteiger charge is -2.30. The van der Waals surface area contributed by atoms with Crippen molar-refractivity contribution < 1.29 is 24.2 Å². The van der Waals surface area contributed by atoms with E-state index in [0.29, 0.717) is 11.5 Å². The van der Waals surface area contributed by atoms with Gasteiger partial charge in [0.1, 0.15) is 6.10 Å². The van der Waals surface area contributed by atoms with Gasteiger partial charge in [-0.25, -0.2) is 0 Å². The second-order valence-corrected chi connectivity index (χ2v) is 5.46. The average molecular weight is 290 g/mol. The minimum absolute atomic E-state index is 0.0344. The number of benzene rings is 1. The van der Waals surface area contributed by atoms with E-state index in [1.807, 2.05) is 6.07 Å². The van der Waals surface area contributed by atoms with Crippen LogP contribution in [0.3, 0.4) is 0 Å². The Kier molecular flexibility index (Phi) is 3.66. The fourth-order valence-electron chi connectivity index (χ4n) is 2.93. The molecular weight excluding hydrogens is 270 g/mol. The van der Waals surface area contributed by atoms with Crippen LogP contribution in [-0.2, 0) is 6.42 Å². The summed E-state index contributed by atoms with van der Waals surface area (Å²) >= 11 is 0. The summed E-state index contributed by atoms with van der Waals surface area (Å²) in [6.45, 7) is 2.87. The summed E-state index contributed by atoms with van der Waals surface area (Å²) in [5.41, 5.74) is 2.24. The third-order valence-corrected chi connectivity index (χ3v) is 3.95. The van der Waals surface area contributed by atoms with Crippen molar-refractivity contribution in [2.24, 2.45) is 0 Å². The summed E-state index contributed by atoms with van der Waals surface area (Å²) in [5.74, 6) is 8.16. The number of likely N-dealkylation sites (N-methyl/N-ethyl adjacent to an activating group) is 1. The molecule has 0 aliphatic carbocycles. The number of quaternary nitrogens is 1. The molecule has 0 aromatic heterocycles. The Morgan fingerprint density at radius 1 is 1.48 bits per heavy atom. The smallest absolute Gasteiger partial charge is 0.231 e. The second-order valence-electron chi connectivity index (χ2n) is 5.46. The van der Waals surface area contributed by atoms with Crippen LogP contribution in [0, 0.1) is 11.8 Å². The van der Waals surface area contributed by atoms with Crippen LogP contribution < -0.4 is 19.1 Å². The molecule has 0 amide bonds. The molecule has 2 aliphatic heterocycles. The number of hydrogen-bond donors (Lipinski definition) is 2. The van der Waals surface area contributed by atoms with Gasteiger partial charge in [0, 0.05) is 6.42 Å². The van der Waals surface area contributed by atoms with E-state index < -0.39 is 6.10 Å². The second kappa shape index (κ2) is 5.47. The summed E-state index contributed by atoms with van der Waals surface area (Å²) in [6, 6.07) is 2.00. The minimum Gasteiger partial charge on any atom is -0.492 e. The summed E-state index contributed by atoms with van der Waals surface area (Å²) in [7, 11) is 3.75. The molecule has 3 rings (SSSR count). The van der Waals surface area contributed by atoms with Crippen LogP contribution in [0.25, 0.3) is 0 Å². The first-order valence-electron chi connectivity index (χ1n) is 7.12. The maximum absolute atomic E-state index is 9.44. The molecule has 0 fully saturated rings. The molecule has 2 aliphatic rings. The normalized spacial score (nSPS) is 23.8. The van der Waals surface area contributed by atoms with E-state index in [1.54, 1.807) is 14.0 Å². The molecule has 0 saturated carbocycles. The van der Waals surface area contributed by atoms with E-state index in [-0.39, 0.29) is 12.8 Å². The molecule has 1 aromatic carbocycles. The highest BCUT2D eigenvalue weighted by Gasteiger charge is 2.35. The van der Waals surface area contributed by atoms with Crippen LogP contribution in [0.5, 0.6) is 17.2 Å². The maximum Gasteiger partial charge on any atom is 0.231 e. The van der Waals surface area contributed by atoms with Crippen molar-refractivity contribution in [1.82, 2.24) is 0 Å². The van der Waals surface area contributed by atoms with Gasteiger partial charge < -0.3 is 24.2 Å². The number of methoxy groups -OCH3 is 1. The van der Waals surface area contributed by atoms with Crippen molar-refractivity contribution in [1.29, 1.82) is 0 Å². The quantitative estimate of drug-likeness (QED) is 0.711. The van der Waals surface area contributed by atoms with Gasteiger partial charge in [0.25, 0.3) is 0 Å². The molecule has 1 aromatic rings. The molecule has 0 spiro atoms. The molecule has 5 heteroatoms. The number of nitrogens with one attached hydrogen (secondary N) is 1. The summed E-state index contributed by atoms with van der Waals surface area (Å²) in [6.07, 6.45) is 0.310. The van der Waals surface area contributed by atoms with Gasteiger partial charge >= 0.3 is 0 Å². The molecule has 5 nitrogen and oxygen atoms in total. The Balaban J connectivity index is 2.14. The number of aliphatic hydroxyl groups is 1. The van der Waals surface area contributed by atoms with Crippen LogP contribution >= 0.6 is 0 Å². The van der Waals surface area contributed by atoms with Crippen LogP contribution in [0.4, 0.5) is 0 Å². The Morgan fingerprint density at radius 3 is 3.00 bits per heavy atom. The summed E-state index contributed by atoms with van der Waals surface area (Å²) < 4.78 is 16.6. The highest BCUT2D eigenvalue weighted by Crippen LogP contribution is 2.47. The first-order chi connectivity index (χ1) is 10.1. The molecule has 0 radical (unpaired) electrons. The molecule has 112 valence electrons. The number of ether oxygens (including phenoxy) is 3. The van der Waals surface area contributed by atoms with Crippen molar-refractivity contribution in [3.05, 3.63) is 17.2 Å². The lowest BCUT2D eigenvalue weighted by atomic mass is 9.91. The summed E-state index contributed by atoms with van der Waals surface area (Å²) in [4.78, 5) is 1.29. The van der Waals surface area contributed by atoms with Gasteiger partial charge in [0.05, 0.1) is 26.3 Å². The lowest BCUT2D eigenvalue weighted by Crippen LogP contribution is -3.10. The maximum atomic E-state index is 9.44. The summed E-state index contributed by atoms with van der Waals surface area (Å²) in [5, 5.41) is 9.44. The Morgan fingerprint density at radius 2 is 2.29 bits per heavy atom. The van der Waals surface area contributed by atoms with Gasteiger partial charge in [0.15, 0.2) is 17.5 Å². The average Bonchev–Trinajstić information content (AvgIpc) is 2.91. The van der Waals surface area contributed by atoms with Crippen molar-refractivity contribution in [3.8, 4) is 29.1 Å². The van der Waals surface area contributed by atoms with Crippen LogP contribution in [-0.4, -0.2) is 38.7 Å². The topological polar surface area (TPSA) is 52.4 Å². The van der Waals surface area contributed by atoms with Crippen molar-refractivity contribution >= 4 is 0 Å². The van der Waals surface area contributed by atoms with E-state index in [0.717, 1.165) is 24.3 Å². The zero-order chi connectivity index (χ0) is 15.0. The molecule has 0 saturated heterocycles. The largest absolute Gasteiger partial charge is 0.492 e. The molecule has 1 unspecified atom stereocenters. The van der Waals surface area contributed by atoms with Crippen LogP contribution in [0.2, 0.25) is 0 Å². The highest BCUT2D eigenvalue weighted by molar-refractivity contribution is 5.62. The third-order valence-electron chi connectivity index (χ3n) is 3.95.